The molecule has 642 valence electrons. The van der Waals surface area contributed by atoms with Crippen LogP contribution in [0.4, 0.5) is 0 Å². The quantitative estimate of drug-likeness (QED) is 0.0257. The summed E-state index contributed by atoms with van der Waals surface area (Å²) in [6.07, 6.45) is -11.2. The third-order valence-corrected chi connectivity index (χ3v) is 143. The van der Waals surface area contributed by atoms with Gasteiger partial charge in [0.15, 0.2) is 91.5 Å². The van der Waals surface area contributed by atoms with Crippen molar-refractivity contribution >= 4 is 195 Å². The molecule has 0 bridgehead atoms. The van der Waals surface area contributed by atoms with Gasteiger partial charge in [-0.2, -0.15) is 0 Å². The zero-order valence-corrected chi connectivity index (χ0v) is 99.4. The van der Waals surface area contributed by atoms with E-state index < -0.39 is 195 Å². The van der Waals surface area contributed by atoms with E-state index in [1.165, 1.54) is 30.2 Å². The van der Waals surface area contributed by atoms with E-state index in [4.69, 9.17) is 42.1 Å². The van der Waals surface area contributed by atoms with Crippen LogP contribution in [0.2, 0.25) is 339 Å². The molecule has 0 heterocycles. The Labute approximate surface area is 675 Å². The van der Waals surface area contributed by atoms with Crippen LogP contribution in [0, 0.1) is 0 Å². The van der Waals surface area contributed by atoms with Crippen molar-refractivity contribution in [3.05, 3.63) is 0 Å². The van der Waals surface area contributed by atoms with Gasteiger partial charge in [0.1, 0.15) is 0 Å². The average Bonchev–Trinajstić information content (AvgIpc) is 0.714. The highest BCUT2D eigenvalue weighted by Gasteiger charge is 2.91. The van der Waals surface area contributed by atoms with Crippen LogP contribution >= 0.6 is 0 Å². The second-order valence-electron chi connectivity index (χ2n) is 41.2. The summed E-state index contributed by atoms with van der Waals surface area (Å²) in [6.45, 7) is 89.3. The fraction of sp³-hybridized carbons (Fsp3) is 1.00. The highest BCUT2D eigenvalue weighted by molar-refractivity contribution is 8.14. The lowest BCUT2D eigenvalue weighted by Gasteiger charge is -2.24. The van der Waals surface area contributed by atoms with Crippen molar-refractivity contribution in [2.45, 2.75) is 360 Å². The molecule has 0 amide bonds. The van der Waals surface area contributed by atoms with Gasteiger partial charge in [0.2, 0.25) is 0 Å². The van der Waals surface area contributed by atoms with Crippen LogP contribution < -0.4 is 0 Å². The predicted octanol–water partition coefficient (Wildman–Crippen LogP) is 12.8. The molecular formula is C59H172O23Si24. The normalized spacial score (nSPS) is 13.2. The Hall–Kier alpha value is 2.37. The predicted molar refractivity (Wildman–Crippen MR) is 502 cm³/mol. The fourth-order valence-corrected chi connectivity index (χ4v) is 144. The molecule has 0 aliphatic heterocycles. The van der Waals surface area contributed by atoms with Gasteiger partial charge in [-0.3, -0.25) is 0 Å². The van der Waals surface area contributed by atoms with Gasteiger partial charge in [0, 0.05) is 60.2 Å². The van der Waals surface area contributed by atoms with E-state index in [0.29, 0.717) is 0 Å². The second kappa shape index (κ2) is 53.7. The molecule has 0 aromatic heterocycles. The Morgan fingerprint density at radius 2 is 0.283 bits per heavy atom. The molecule has 0 aliphatic carbocycles. The maximum atomic E-state index is 11.4. The average molecular weight is 1920 g/mol. The Balaban J connectivity index is -0.000000144. The molecule has 0 saturated carbocycles. The summed E-state index contributed by atoms with van der Waals surface area (Å²) < 4.78 is 85.3. The molecule has 0 fully saturated rings. The minimum atomic E-state index is -5.60. The van der Waals surface area contributed by atoms with Crippen molar-refractivity contribution in [1.82, 2.24) is 0 Å². The molecule has 0 rings (SSSR count). The summed E-state index contributed by atoms with van der Waals surface area (Å²) in [5.41, 5.74) is 0. The summed E-state index contributed by atoms with van der Waals surface area (Å²) in [5, 5.41) is 0. The molecule has 0 aromatic carbocycles. The van der Waals surface area contributed by atoms with Crippen LogP contribution in [0.15, 0.2) is 0 Å². The molecule has 0 unspecified atom stereocenters. The SMILES string of the molecule is CCO[Si](C)(C)CC[Si](C)(C)O.CCO[Si](C)(C)CC[Si](C)(C)O.CCO[Si](C)(C)CC[Si](C)(C)O.C[Si](C)(C)CC[Si](C)(C)O.C[Si](C)(C)CC[Si](C)(C)O.C[Si](C)(C)CC[Si](C)(C)O.C[Si](C)(C)CC[Si](C)(C)O.C[Si](C)(C)CC[Si](C)(C)O.O=[Si](O)[Si]([Si](=O)O)([Si](=O)O)[Si]([Si](=O)O)([Si](=O)O)[Si](=O)O. The molecule has 0 spiro atoms. The summed E-state index contributed by atoms with van der Waals surface area (Å²) in [4.78, 5) is 132. The third kappa shape index (κ3) is 88.7. The molecule has 0 atom stereocenters. The smallest absolute Gasteiger partial charge is 0.483 e. The van der Waals surface area contributed by atoms with Crippen LogP contribution in [0.3, 0.4) is 0 Å². The van der Waals surface area contributed by atoms with Gasteiger partial charge in [-0.05, 0) is 231 Å². The molecule has 0 aliphatic rings. The van der Waals surface area contributed by atoms with Gasteiger partial charge in [0.05, 0.1) is 0 Å². The Morgan fingerprint density at radius 1 is 0.189 bits per heavy atom. The number of hydrogen-bond donors (Lipinski definition) is 14. The lowest BCUT2D eigenvalue weighted by molar-refractivity contribution is 0.329. The van der Waals surface area contributed by atoms with E-state index in [9.17, 15) is 65.1 Å². The molecule has 23 nitrogen and oxygen atoms in total. The third-order valence-electron chi connectivity index (χ3n) is 15.5. The monoisotopic (exact) mass is 1920 g/mol. The first-order valence-corrected chi connectivity index (χ1v) is 110. The summed E-state index contributed by atoms with van der Waals surface area (Å²) in [5.74, 6) is 0. The van der Waals surface area contributed by atoms with E-state index in [1.807, 2.05) is 126 Å². The summed E-state index contributed by atoms with van der Waals surface area (Å²) in [6, 6.07) is 18.0. The van der Waals surface area contributed by atoms with Crippen LogP contribution in [0.5, 0.6) is 0 Å². The minimum absolute atomic E-state index is 0.812. The van der Waals surface area contributed by atoms with Crippen molar-refractivity contribution in [3.8, 4) is 0 Å². The largest absolute Gasteiger partial charge is 0.542 e. The molecule has 0 saturated heterocycles. The standard InChI is InChI=1S/3C8H22O2Si2.5C7H20OSi2.H6O12Si8/c3*1-6-10-12(4,5)8-7-11(2,3)9;5*1-9(2,3)6-7-10(4,5)8;1-13(2)19(14(3)4,15(5)6)20(16(7)8,17(9)10)18(11)12/h3*9H,6-8H2,1-5H3;5*8H,6-7H2,1-5H3;1,3,5,7,9,11H. The Bertz CT molecular complexity index is 2010. The number of hydrogen-bond acceptors (Lipinski definition) is 17. The van der Waals surface area contributed by atoms with Crippen molar-refractivity contribution in [2.24, 2.45) is 0 Å². The van der Waals surface area contributed by atoms with Gasteiger partial charge >= 0.3 is 63.0 Å². The maximum Gasteiger partial charge on any atom is 0.483 e. The van der Waals surface area contributed by atoms with Gasteiger partial charge < -0.3 is 107 Å². The fourth-order valence-electron chi connectivity index (χ4n) is 8.13. The summed E-state index contributed by atoms with van der Waals surface area (Å²) in [7, 11) is -50.0. The molecular weight excluding hydrogens is 1750 g/mol. The zero-order valence-electron chi connectivity index (χ0n) is 75.4. The van der Waals surface area contributed by atoms with Gasteiger partial charge in [-0.1, -0.05) is 128 Å². The molecule has 106 heavy (non-hydrogen) atoms. The lowest BCUT2D eigenvalue weighted by atomic mass is 10.9. The van der Waals surface area contributed by atoms with Crippen molar-refractivity contribution in [2.75, 3.05) is 19.8 Å². The van der Waals surface area contributed by atoms with E-state index in [1.54, 1.807) is 0 Å². The van der Waals surface area contributed by atoms with Gasteiger partial charge in [0.25, 0.3) is 0 Å². The first-order valence-electron chi connectivity index (χ1n) is 37.9. The first kappa shape index (κ1) is 127. The van der Waals surface area contributed by atoms with E-state index in [0.717, 1.165) is 86.3 Å². The minimum Gasteiger partial charge on any atom is -0.542 e. The first-order chi connectivity index (χ1) is 45.7. The van der Waals surface area contributed by atoms with E-state index >= 15 is 0 Å². The number of rotatable bonds is 37. The van der Waals surface area contributed by atoms with Crippen LogP contribution in [-0.4, -0.2) is 282 Å². The van der Waals surface area contributed by atoms with Crippen molar-refractivity contribution in [1.29, 1.82) is 0 Å². The molecule has 14 N–H and O–H groups in total. The van der Waals surface area contributed by atoms with Crippen LogP contribution in [-0.2, 0) is 40.0 Å². The van der Waals surface area contributed by atoms with Gasteiger partial charge in [-0.15, -0.1) is 0 Å². The van der Waals surface area contributed by atoms with Crippen LogP contribution in [0.1, 0.15) is 20.8 Å². The zero-order chi connectivity index (χ0) is 88.0. The second-order valence-corrected chi connectivity index (χ2v) is 166. The van der Waals surface area contributed by atoms with E-state index in [2.05, 4.69) is 137 Å². The highest BCUT2D eigenvalue weighted by Crippen LogP contribution is 2.26. The molecule has 0 aromatic rings. The Kier molecular flexibility index (Phi) is 64.1. The van der Waals surface area contributed by atoms with Crippen molar-refractivity contribution < 1.29 is 107 Å². The topological polar surface area (TPSA) is 413 Å². The highest BCUT2D eigenvalue weighted by atomic mass is 30.4. The summed E-state index contributed by atoms with van der Waals surface area (Å²) >= 11 is 0. The molecule has 47 heteroatoms. The maximum absolute atomic E-state index is 11.4. The van der Waals surface area contributed by atoms with E-state index in [-0.39, 0.29) is 0 Å². The van der Waals surface area contributed by atoms with Crippen LogP contribution in [0.25, 0.3) is 0 Å². The molecule has 0 radical (unpaired) electrons. The lowest BCUT2D eigenvalue weighted by Crippen LogP contribution is -2.91. The van der Waals surface area contributed by atoms with Crippen molar-refractivity contribution in [3.63, 3.8) is 0 Å². The van der Waals surface area contributed by atoms with Gasteiger partial charge in [-0.25, -0.2) is 0 Å². The Morgan fingerprint density at radius 3 is 0.340 bits per heavy atom.